The third kappa shape index (κ3) is 1.94. The molecule has 0 fully saturated rings. The van der Waals surface area contributed by atoms with Crippen LogP contribution in [0, 0.1) is 5.82 Å². The van der Waals surface area contributed by atoms with Gasteiger partial charge in [-0.1, -0.05) is 20.8 Å². The van der Waals surface area contributed by atoms with Crippen LogP contribution in [0.25, 0.3) is 32.6 Å². The Hall–Kier alpha value is -2.76. The van der Waals surface area contributed by atoms with Crippen molar-refractivity contribution in [3.8, 4) is 0 Å². The van der Waals surface area contributed by atoms with Gasteiger partial charge in [-0.25, -0.2) is 14.5 Å². The predicted octanol–water partition coefficient (Wildman–Crippen LogP) is 3.39. The molecule has 23 heavy (non-hydrogen) atoms. The van der Waals surface area contributed by atoms with Crippen LogP contribution >= 0.6 is 0 Å². The van der Waals surface area contributed by atoms with Gasteiger partial charge in [0.2, 0.25) is 0 Å². The summed E-state index contributed by atoms with van der Waals surface area (Å²) in [6, 6.07) is 4.42. The fraction of sp³-hybridized carbons (Fsp3) is 0.235. The van der Waals surface area contributed by atoms with Gasteiger partial charge in [0.25, 0.3) is 5.56 Å². The number of hydrogen-bond acceptors (Lipinski definition) is 3. The summed E-state index contributed by atoms with van der Waals surface area (Å²) < 4.78 is 13.7. The lowest BCUT2D eigenvalue weighted by molar-refractivity contribution is 0.554. The first-order chi connectivity index (χ1) is 10.9. The Balaban J connectivity index is 2.34. The maximum absolute atomic E-state index is 13.7. The summed E-state index contributed by atoms with van der Waals surface area (Å²) in [6.07, 6.45) is 1.58. The Morgan fingerprint density at radius 1 is 1.13 bits per heavy atom. The quantitative estimate of drug-likeness (QED) is 0.489. The van der Waals surface area contributed by atoms with Gasteiger partial charge in [0.1, 0.15) is 11.6 Å². The number of aromatic amines is 2. The number of H-pyrrole nitrogens is 2. The zero-order chi connectivity index (χ0) is 16.4. The normalized spacial score (nSPS) is 12.5. The Morgan fingerprint density at radius 2 is 1.91 bits per heavy atom. The van der Waals surface area contributed by atoms with Gasteiger partial charge in [0, 0.05) is 21.6 Å². The van der Waals surface area contributed by atoms with E-state index >= 15 is 0 Å². The van der Waals surface area contributed by atoms with E-state index in [-0.39, 0.29) is 16.8 Å². The maximum atomic E-state index is 13.7. The average Bonchev–Trinajstić information content (AvgIpc) is 2.92. The van der Waals surface area contributed by atoms with Crippen LogP contribution in [0.2, 0.25) is 0 Å². The molecule has 2 aromatic heterocycles. The third-order valence-electron chi connectivity index (χ3n) is 4.05. The summed E-state index contributed by atoms with van der Waals surface area (Å²) in [7, 11) is 0. The molecule has 0 bridgehead atoms. The summed E-state index contributed by atoms with van der Waals surface area (Å²) >= 11 is 0. The van der Waals surface area contributed by atoms with Crippen LogP contribution < -0.4 is 5.56 Å². The van der Waals surface area contributed by atoms with Crippen molar-refractivity contribution in [2.75, 3.05) is 0 Å². The Morgan fingerprint density at radius 3 is 2.65 bits per heavy atom. The molecule has 0 aliphatic heterocycles. The number of halogens is 1. The molecule has 0 aliphatic carbocycles. The van der Waals surface area contributed by atoms with Crippen LogP contribution in [0.5, 0.6) is 0 Å². The first kappa shape index (κ1) is 13.9. The van der Waals surface area contributed by atoms with Gasteiger partial charge < -0.3 is 4.98 Å². The molecule has 0 saturated carbocycles. The number of rotatable bonds is 0. The minimum Gasteiger partial charge on any atom is -0.341 e. The molecule has 5 nitrogen and oxygen atoms in total. The summed E-state index contributed by atoms with van der Waals surface area (Å²) in [5.74, 6) is 0.423. The van der Waals surface area contributed by atoms with Crippen LogP contribution in [0.15, 0.2) is 29.2 Å². The van der Waals surface area contributed by atoms with E-state index in [1.165, 1.54) is 12.1 Å². The summed E-state index contributed by atoms with van der Waals surface area (Å²) in [5, 5.41) is 8.67. The molecule has 0 spiro atoms. The highest BCUT2D eigenvalue weighted by molar-refractivity contribution is 6.22. The van der Waals surface area contributed by atoms with E-state index in [2.05, 4.69) is 36.0 Å². The number of fused-ring (bicyclic) bond motifs is 6. The molecule has 6 heteroatoms. The monoisotopic (exact) mass is 310 g/mol. The first-order valence-electron chi connectivity index (χ1n) is 7.35. The Kier molecular flexibility index (Phi) is 2.64. The van der Waals surface area contributed by atoms with Crippen molar-refractivity contribution in [3.05, 3.63) is 46.4 Å². The van der Waals surface area contributed by atoms with Crippen LogP contribution in [0.4, 0.5) is 4.39 Å². The molecule has 4 rings (SSSR count). The zero-order valence-electron chi connectivity index (χ0n) is 13.0. The lowest BCUT2D eigenvalue weighted by Crippen LogP contribution is -2.13. The Labute approximate surface area is 130 Å². The molecule has 2 aromatic carbocycles. The van der Waals surface area contributed by atoms with Gasteiger partial charge in [-0.15, -0.1) is 0 Å². The van der Waals surface area contributed by atoms with Crippen molar-refractivity contribution in [2.45, 2.75) is 26.2 Å². The predicted molar refractivity (Wildman–Crippen MR) is 88.2 cm³/mol. The Bertz CT molecular complexity index is 1130. The molecular weight excluding hydrogens is 295 g/mol. The molecule has 0 radical (unpaired) electrons. The highest BCUT2D eigenvalue weighted by Gasteiger charge is 2.21. The van der Waals surface area contributed by atoms with E-state index in [9.17, 15) is 9.18 Å². The maximum Gasteiger partial charge on any atom is 0.272 e. The van der Waals surface area contributed by atoms with Crippen molar-refractivity contribution in [1.29, 1.82) is 0 Å². The molecule has 4 aromatic rings. The second-order valence-electron chi connectivity index (χ2n) is 6.74. The summed E-state index contributed by atoms with van der Waals surface area (Å²) in [5.41, 5.74) is 0.964. The lowest BCUT2D eigenvalue weighted by Gasteiger charge is -2.13. The lowest BCUT2D eigenvalue weighted by atomic mass is 9.96. The van der Waals surface area contributed by atoms with Gasteiger partial charge in [0.05, 0.1) is 22.6 Å². The summed E-state index contributed by atoms with van der Waals surface area (Å²) in [6.45, 7) is 6.17. The fourth-order valence-electron chi connectivity index (χ4n) is 2.90. The van der Waals surface area contributed by atoms with Crippen molar-refractivity contribution in [1.82, 2.24) is 20.2 Å². The number of nitrogens with one attached hydrogen (secondary N) is 2. The van der Waals surface area contributed by atoms with Gasteiger partial charge in [-0.05, 0) is 18.2 Å². The molecule has 0 unspecified atom stereocenters. The van der Waals surface area contributed by atoms with Crippen molar-refractivity contribution in [3.63, 3.8) is 0 Å². The van der Waals surface area contributed by atoms with Crippen molar-refractivity contribution >= 4 is 32.6 Å². The highest BCUT2D eigenvalue weighted by Crippen LogP contribution is 2.33. The third-order valence-corrected chi connectivity index (χ3v) is 4.05. The van der Waals surface area contributed by atoms with Crippen LogP contribution in [-0.2, 0) is 5.41 Å². The highest BCUT2D eigenvalue weighted by atomic mass is 19.1. The number of hydrogen-bond donors (Lipinski definition) is 2. The van der Waals surface area contributed by atoms with E-state index in [4.69, 9.17) is 4.98 Å². The second kappa shape index (κ2) is 4.38. The van der Waals surface area contributed by atoms with E-state index in [0.29, 0.717) is 16.2 Å². The number of aromatic nitrogens is 4. The van der Waals surface area contributed by atoms with E-state index in [1.807, 2.05) is 0 Å². The topological polar surface area (TPSA) is 74.4 Å². The van der Waals surface area contributed by atoms with Crippen LogP contribution in [0.1, 0.15) is 26.6 Å². The number of nitrogens with zero attached hydrogens (tertiary/aromatic N) is 2. The van der Waals surface area contributed by atoms with E-state index in [1.54, 1.807) is 12.3 Å². The zero-order valence-corrected chi connectivity index (χ0v) is 13.0. The van der Waals surface area contributed by atoms with Crippen LogP contribution in [0.3, 0.4) is 0 Å². The molecular formula is C17H15FN4O. The minimum absolute atomic E-state index is 0.174. The smallest absolute Gasteiger partial charge is 0.272 e. The SMILES string of the molecule is CC(C)(C)c1nc2c3ccc(F)cc3c3c(=O)[nH]ncc3c2[nH]1. The van der Waals surface area contributed by atoms with Gasteiger partial charge in [0.15, 0.2) is 0 Å². The minimum atomic E-state index is -0.388. The molecule has 0 atom stereocenters. The first-order valence-corrected chi connectivity index (χ1v) is 7.35. The van der Waals surface area contributed by atoms with Crippen LogP contribution in [-0.4, -0.2) is 20.2 Å². The molecule has 2 N–H and O–H groups in total. The molecule has 116 valence electrons. The van der Waals surface area contributed by atoms with E-state index < -0.39 is 0 Å². The summed E-state index contributed by atoms with van der Waals surface area (Å²) in [4.78, 5) is 20.3. The fourth-order valence-corrected chi connectivity index (χ4v) is 2.90. The largest absolute Gasteiger partial charge is 0.341 e. The second-order valence-corrected chi connectivity index (χ2v) is 6.74. The average molecular weight is 310 g/mol. The number of benzene rings is 2. The molecule has 0 aliphatic rings. The van der Waals surface area contributed by atoms with Crippen molar-refractivity contribution < 1.29 is 4.39 Å². The molecule has 0 amide bonds. The van der Waals surface area contributed by atoms with Gasteiger partial charge in [-0.2, -0.15) is 5.10 Å². The molecule has 0 saturated heterocycles. The van der Waals surface area contributed by atoms with Gasteiger partial charge >= 0.3 is 0 Å². The van der Waals surface area contributed by atoms with Crippen molar-refractivity contribution in [2.24, 2.45) is 0 Å². The van der Waals surface area contributed by atoms with E-state index in [0.717, 1.165) is 22.2 Å². The molecule has 2 heterocycles. The standard InChI is InChI=1S/C17H15FN4O/c1-17(2,3)16-20-13-9-5-4-8(18)6-10(9)12-11(14(13)21-16)7-19-22-15(12)23/h4-7H,1-3H3,(H,20,21)(H,22,23). The number of imidazole rings is 1. The van der Waals surface area contributed by atoms with Gasteiger partial charge in [-0.3, -0.25) is 4.79 Å².